The summed E-state index contributed by atoms with van der Waals surface area (Å²) in [6.07, 6.45) is 5.02. The summed E-state index contributed by atoms with van der Waals surface area (Å²) < 4.78 is 0. The molecule has 0 aromatic heterocycles. The molecule has 76 valence electrons. The number of alkyl halides is 1. The average molecular weight is 219 g/mol. The molecule has 3 rings (SSSR count). The van der Waals surface area contributed by atoms with Crippen LogP contribution in [0, 0.1) is 11.8 Å². The van der Waals surface area contributed by atoms with Crippen LogP contribution in [0.25, 0.3) is 0 Å². The Bertz CT molecular complexity index is 437. The highest BCUT2D eigenvalue weighted by atomic mass is 35.5. The summed E-state index contributed by atoms with van der Waals surface area (Å²) >= 11 is 6.48. The van der Waals surface area contributed by atoms with Gasteiger partial charge < -0.3 is 0 Å². The number of carbonyl (C=O) groups excluding carboxylic acids is 1. The van der Waals surface area contributed by atoms with Gasteiger partial charge in [-0.05, 0) is 12.0 Å². The second kappa shape index (κ2) is 2.96. The molecule has 1 nitrogen and oxygen atoms in total. The number of benzene rings is 1. The van der Waals surface area contributed by atoms with Crippen LogP contribution in [0.5, 0.6) is 0 Å². The fraction of sp³-hybridized carbons (Fsp3) is 0.308. The number of hydrogen-bond donors (Lipinski definition) is 0. The Morgan fingerprint density at radius 1 is 1.27 bits per heavy atom. The number of carbonyl (C=O) groups is 1. The van der Waals surface area contributed by atoms with E-state index in [1.165, 1.54) is 0 Å². The molecule has 0 N–H and O–H groups in total. The molecule has 0 saturated heterocycles. The maximum atomic E-state index is 12.0. The lowest BCUT2D eigenvalue weighted by Gasteiger charge is -2.46. The quantitative estimate of drug-likeness (QED) is 0.523. The number of halogens is 1. The van der Waals surface area contributed by atoms with Crippen LogP contribution in [-0.4, -0.2) is 5.78 Å². The van der Waals surface area contributed by atoms with Crippen molar-refractivity contribution in [3.05, 3.63) is 48.0 Å². The van der Waals surface area contributed by atoms with Crippen molar-refractivity contribution in [1.82, 2.24) is 0 Å². The molecule has 0 spiro atoms. The summed E-state index contributed by atoms with van der Waals surface area (Å²) in [6.45, 7) is 0. The summed E-state index contributed by atoms with van der Waals surface area (Å²) in [5.41, 5.74) is 0.935. The van der Waals surface area contributed by atoms with Gasteiger partial charge in [-0.15, -0.1) is 11.6 Å². The first-order valence-electron chi connectivity index (χ1n) is 5.20. The molecule has 0 aliphatic heterocycles. The lowest BCUT2D eigenvalue weighted by atomic mass is 9.62. The van der Waals surface area contributed by atoms with Crippen molar-refractivity contribution in [2.45, 2.75) is 11.3 Å². The van der Waals surface area contributed by atoms with Gasteiger partial charge >= 0.3 is 0 Å². The molecule has 0 bridgehead atoms. The molecular formula is C13H11ClO. The van der Waals surface area contributed by atoms with Gasteiger partial charge in [-0.25, -0.2) is 0 Å². The van der Waals surface area contributed by atoms with E-state index in [9.17, 15) is 4.79 Å². The minimum absolute atomic E-state index is 0.141. The number of Topliss-reactive ketones (excluding diaryl/α,β-unsaturated/α-hetero) is 1. The van der Waals surface area contributed by atoms with E-state index in [0.29, 0.717) is 0 Å². The monoisotopic (exact) mass is 218 g/mol. The van der Waals surface area contributed by atoms with E-state index in [4.69, 9.17) is 11.6 Å². The molecule has 0 heterocycles. The first-order chi connectivity index (χ1) is 7.24. The normalized spacial score (nSPS) is 37.5. The van der Waals surface area contributed by atoms with Crippen LogP contribution in [0.15, 0.2) is 42.5 Å². The molecule has 1 aromatic carbocycles. The zero-order chi connectivity index (χ0) is 10.5. The molecule has 3 atom stereocenters. The van der Waals surface area contributed by atoms with E-state index < -0.39 is 4.87 Å². The van der Waals surface area contributed by atoms with E-state index in [-0.39, 0.29) is 17.6 Å². The lowest BCUT2D eigenvalue weighted by Crippen LogP contribution is -2.55. The molecule has 2 heteroatoms. The Hall–Kier alpha value is -1.08. The predicted octanol–water partition coefficient (Wildman–Crippen LogP) is 2.90. The summed E-state index contributed by atoms with van der Waals surface area (Å²) in [5, 5.41) is 0. The second-order valence-electron chi connectivity index (χ2n) is 4.24. The number of allylic oxidation sites excluding steroid dienone is 2. The van der Waals surface area contributed by atoms with Gasteiger partial charge in [0.05, 0.1) is 0 Å². The molecule has 1 aromatic rings. The van der Waals surface area contributed by atoms with Crippen LogP contribution in [0.4, 0.5) is 0 Å². The van der Waals surface area contributed by atoms with Crippen molar-refractivity contribution in [1.29, 1.82) is 0 Å². The zero-order valence-electron chi connectivity index (χ0n) is 8.19. The minimum atomic E-state index is -0.779. The number of fused-ring (bicyclic) bond motifs is 1. The molecule has 1 saturated carbocycles. The highest BCUT2D eigenvalue weighted by molar-refractivity contribution is 6.38. The van der Waals surface area contributed by atoms with Crippen LogP contribution in [-0.2, 0) is 9.67 Å². The fourth-order valence-corrected chi connectivity index (χ4v) is 3.18. The van der Waals surface area contributed by atoms with Gasteiger partial charge in [0.15, 0.2) is 5.78 Å². The number of rotatable bonds is 1. The third kappa shape index (κ3) is 1.02. The van der Waals surface area contributed by atoms with Crippen molar-refractivity contribution < 1.29 is 4.79 Å². The summed E-state index contributed by atoms with van der Waals surface area (Å²) in [5.74, 6) is 0.530. The number of ketones is 1. The van der Waals surface area contributed by atoms with Gasteiger partial charge in [0.25, 0.3) is 0 Å². The van der Waals surface area contributed by atoms with Crippen molar-refractivity contribution in [3.8, 4) is 0 Å². The Morgan fingerprint density at radius 3 is 2.73 bits per heavy atom. The SMILES string of the molecule is O=C1[C@@H]2CC=C[C@@H]2[C@]1(Cl)c1ccccc1. The van der Waals surface area contributed by atoms with Gasteiger partial charge in [-0.3, -0.25) is 4.79 Å². The van der Waals surface area contributed by atoms with Gasteiger partial charge in [0.2, 0.25) is 0 Å². The van der Waals surface area contributed by atoms with E-state index in [1.54, 1.807) is 0 Å². The van der Waals surface area contributed by atoms with Crippen molar-refractivity contribution in [2.24, 2.45) is 11.8 Å². The summed E-state index contributed by atoms with van der Waals surface area (Å²) in [6, 6.07) is 9.67. The van der Waals surface area contributed by atoms with Crippen LogP contribution in [0.1, 0.15) is 12.0 Å². The molecular weight excluding hydrogens is 208 g/mol. The smallest absolute Gasteiger partial charge is 0.162 e. The van der Waals surface area contributed by atoms with Gasteiger partial charge in [0.1, 0.15) is 4.87 Å². The molecule has 0 unspecified atom stereocenters. The Labute approximate surface area is 93.7 Å². The summed E-state index contributed by atoms with van der Waals surface area (Å²) in [4.78, 5) is 11.2. The largest absolute Gasteiger partial charge is 0.297 e. The first-order valence-corrected chi connectivity index (χ1v) is 5.58. The van der Waals surface area contributed by atoms with E-state index >= 15 is 0 Å². The topological polar surface area (TPSA) is 17.1 Å². The first kappa shape index (κ1) is 9.17. The van der Waals surface area contributed by atoms with Crippen molar-refractivity contribution in [2.75, 3.05) is 0 Å². The second-order valence-corrected chi connectivity index (χ2v) is 4.83. The molecule has 15 heavy (non-hydrogen) atoms. The zero-order valence-corrected chi connectivity index (χ0v) is 8.95. The molecule has 0 radical (unpaired) electrons. The van der Waals surface area contributed by atoms with E-state index in [2.05, 4.69) is 12.2 Å². The third-order valence-electron chi connectivity index (χ3n) is 3.52. The van der Waals surface area contributed by atoms with Crippen LogP contribution < -0.4 is 0 Å². The van der Waals surface area contributed by atoms with Gasteiger partial charge in [0, 0.05) is 11.8 Å². The lowest BCUT2D eigenvalue weighted by molar-refractivity contribution is -0.137. The van der Waals surface area contributed by atoms with Gasteiger partial charge in [-0.1, -0.05) is 42.5 Å². The highest BCUT2D eigenvalue weighted by Gasteiger charge is 2.61. The van der Waals surface area contributed by atoms with E-state index in [1.807, 2.05) is 30.3 Å². The van der Waals surface area contributed by atoms with Gasteiger partial charge in [-0.2, -0.15) is 0 Å². The molecule has 2 aliphatic rings. The maximum Gasteiger partial charge on any atom is 0.162 e. The van der Waals surface area contributed by atoms with Crippen LogP contribution in [0.2, 0.25) is 0 Å². The van der Waals surface area contributed by atoms with Crippen molar-refractivity contribution >= 4 is 17.4 Å². The number of hydrogen-bond acceptors (Lipinski definition) is 1. The Kier molecular flexibility index (Phi) is 1.81. The van der Waals surface area contributed by atoms with Crippen LogP contribution >= 0.6 is 11.6 Å². The molecule has 0 amide bonds. The Balaban J connectivity index is 2.05. The molecule has 2 aliphatic carbocycles. The van der Waals surface area contributed by atoms with Crippen molar-refractivity contribution in [3.63, 3.8) is 0 Å². The third-order valence-corrected chi connectivity index (χ3v) is 4.17. The maximum absolute atomic E-state index is 12.0. The molecule has 1 fully saturated rings. The standard InChI is InChI=1S/C13H11ClO/c14-13(9-5-2-1-3-6-9)11-8-4-7-10(11)12(13)15/h1-6,8,10-11H,7H2/t10-,11+,13-/m1/s1. The minimum Gasteiger partial charge on any atom is -0.297 e. The predicted molar refractivity (Wildman–Crippen MR) is 59.7 cm³/mol. The summed E-state index contributed by atoms with van der Waals surface area (Å²) in [7, 11) is 0. The Morgan fingerprint density at radius 2 is 2.00 bits per heavy atom. The highest BCUT2D eigenvalue weighted by Crippen LogP contribution is 2.57. The van der Waals surface area contributed by atoms with Crippen LogP contribution in [0.3, 0.4) is 0 Å². The fourth-order valence-electron chi connectivity index (χ4n) is 2.69. The van der Waals surface area contributed by atoms with E-state index in [0.717, 1.165) is 12.0 Å². The average Bonchev–Trinajstić information content (AvgIpc) is 2.75.